The highest BCUT2D eigenvalue weighted by atomic mass is 32.2. The molecule has 2 heterocycles. The van der Waals surface area contributed by atoms with Gasteiger partial charge in [0.2, 0.25) is 0 Å². The van der Waals surface area contributed by atoms with Crippen LogP contribution >= 0.6 is 11.8 Å². The van der Waals surface area contributed by atoms with Gasteiger partial charge in [0, 0.05) is 38.4 Å². The van der Waals surface area contributed by atoms with Crippen molar-refractivity contribution in [1.82, 2.24) is 4.98 Å². The quantitative estimate of drug-likeness (QED) is 0.255. The summed E-state index contributed by atoms with van der Waals surface area (Å²) in [6.45, 7) is 6.00. The first-order valence-corrected chi connectivity index (χ1v) is 10.5. The lowest BCUT2D eigenvalue weighted by Gasteiger charge is -2.22. The standard InChI is InChI=1S/C26H15F2NS/c1-3-14-9-23-21(8-13(14)2)26-25-18(6-7-29-26)16-4-5-17-19(10-15(27)11-22(17)28)20(16)12-24(25)30-23/h3-12H,1H2,2H3. The fraction of sp³-hybridized carbons (Fsp3) is 0.0385. The Morgan fingerprint density at radius 1 is 0.867 bits per heavy atom. The van der Waals surface area contributed by atoms with Crippen LogP contribution in [0.4, 0.5) is 8.78 Å². The average molecular weight is 411 g/mol. The van der Waals surface area contributed by atoms with Crippen molar-refractivity contribution in [3.63, 3.8) is 0 Å². The van der Waals surface area contributed by atoms with Gasteiger partial charge in [0.25, 0.3) is 0 Å². The van der Waals surface area contributed by atoms with Crippen molar-refractivity contribution in [3.05, 3.63) is 84.1 Å². The van der Waals surface area contributed by atoms with E-state index in [1.54, 1.807) is 17.8 Å². The third-order valence-electron chi connectivity index (χ3n) is 5.92. The molecule has 0 N–H and O–H groups in total. The lowest BCUT2D eigenvalue weighted by molar-refractivity contribution is 0.592. The van der Waals surface area contributed by atoms with E-state index in [0.717, 1.165) is 59.8 Å². The molecular weight excluding hydrogens is 396 g/mol. The lowest BCUT2D eigenvalue weighted by atomic mass is 9.94. The van der Waals surface area contributed by atoms with Crippen LogP contribution in [0.3, 0.4) is 0 Å². The molecular formula is C26H15F2NS. The van der Waals surface area contributed by atoms with Crippen molar-refractivity contribution < 1.29 is 8.78 Å². The molecule has 1 aliphatic rings. The molecule has 0 amide bonds. The molecule has 0 spiro atoms. The molecule has 30 heavy (non-hydrogen) atoms. The second kappa shape index (κ2) is 6.13. The van der Waals surface area contributed by atoms with E-state index in [9.17, 15) is 8.78 Å². The minimum Gasteiger partial charge on any atom is -0.256 e. The van der Waals surface area contributed by atoms with E-state index in [0.29, 0.717) is 10.8 Å². The molecule has 0 fully saturated rings. The highest BCUT2D eigenvalue weighted by molar-refractivity contribution is 7.99. The molecule has 1 nitrogen and oxygen atoms in total. The van der Waals surface area contributed by atoms with Crippen LogP contribution in [0.25, 0.3) is 49.7 Å². The number of pyridine rings is 1. The Kier molecular flexibility index (Phi) is 3.60. The number of hydrogen-bond acceptors (Lipinski definition) is 2. The maximum atomic E-state index is 14.4. The van der Waals surface area contributed by atoms with Crippen LogP contribution in [0.2, 0.25) is 0 Å². The van der Waals surface area contributed by atoms with Gasteiger partial charge in [-0.2, -0.15) is 0 Å². The van der Waals surface area contributed by atoms with Gasteiger partial charge < -0.3 is 0 Å². The number of nitrogens with zero attached hydrogens (tertiary/aromatic N) is 1. The second-order valence-corrected chi connectivity index (χ2v) is 8.70. The summed E-state index contributed by atoms with van der Waals surface area (Å²) in [5, 5.41) is 4.96. The summed E-state index contributed by atoms with van der Waals surface area (Å²) in [4.78, 5) is 6.87. The first-order valence-electron chi connectivity index (χ1n) is 9.63. The van der Waals surface area contributed by atoms with Crippen molar-refractivity contribution >= 4 is 50.2 Å². The van der Waals surface area contributed by atoms with Crippen molar-refractivity contribution in [3.8, 4) is 11.3 Å². The second-order valence-electron chi connectivity index (χ2n) is 7.61. The molecule has 0 atom stereocenters. The first kappa shape index (κ1) is 17.6. The van der Waals surface area contributed by atoms with E-state index in [4.69, 9.17) is 4.98 Å². The molecule has 1 aliphatic heterocycles. The van der Waals surface area contributed by atoms with Gasteiger partial charge in [0.15, 0.2) is 0 Å². The molecule has 0 aliphatic carbocycles. The molecule has 6 rings (SSSR count). The lowest BCUT2D eigenvalue weighted by Crippen LogP contribution is -1.98. The Morgan fingerprint density at radius 3 is 2.50 bits per heavy atom. The van der Waals surface area contributed by atoms with Crippen molar-refractivity contribution in [2.45, 2.75) is 16.7 Å². The van der Waals surface area contributed by atoms with Gasteiger partial charge in [-0.3, -0.25) is 4.98 Å². The Morgan fingerprint density at radius 2 is 1.67 bits per heavy atom. The highest BCUT2D eigenvalue weighted by Gasteiger charge is 2.23. The van der Waals surface area contributed by atoms with Crippen LogP contribution in [-0.2, 0) is 0 Å². The van der Waals surface area contributed by atoms with Crippen LogP contribution in [0, 0.1) is 18.6 Å². The maximum absolute atomic E-state index is 14.4. The van der Waals surface area contributed by atoms with Crippen molar-refractivity contribution in [2.75, 3.05) is 0 Å². The molecule has 1 aromatic heterocycles. The number of fused-ring (bicyclic) bond motifs is 6. The summed E-state index contributed by atoms with van der Waals surface area (Å²) in [5.74, 6) is -1.11. The number of hydrogen-bond donors (Lipinski definition) is 0. The van der Waals surface area contributed by atoms with E-state index in [1.165, 1.54) is 6.07 Å². The zero-order chi connectivity index (χ0) is 20.6. The number of aromatic nitrogens is 1. The summed E-state index contributed by atoms with van der Waals surface area (Å²) in [6, 6.07) is 14.4. The van der Waals surface area contributed by atoms with Crippen LogP contribution in [-0.4, -0.2) is 4.98 Å². The predicted molar refractivity (Wildman–Crippen MR) is 121 cm³/mol. The average Bonchev–Trinajstić information content (AvgIpc) is 2.74. The van der Waals surface area contributed by atoms with E-state index in [-0.39, 0.29) is 0 Å². The van der Waals surface area contributed by atoms with E-state index >= 15 is 0 Å². The number of rotatable bonds is 1. The van der Waals surface area contributed by atoms with Crippen molar-refractivity contribution in [1.29, 1.82) is 0 Å². The largest absolute Gasteiger partial charge is 0.256 e. The smallest absolute Gasteiger partial charge is 0.133 e. The zero-order valence-corrected chi connectivity index (χ0v) is 16.9. The Labute approximate surface area is 176 Å². The van der Waals surface area contributed by atoms with Crippen molar-refractivity contribution in [2.24, 2.45) is 0 Å². The minimum atomic E-state index is -0.569. The summed E-state index contributed by atoms with van der Waals surface area (Å²) >= 11 is 1.67. The fourth-order valence-corrected chi connectivity index (χ4v) is 5.68. The van der Waals surface area contributed by atoms with Gasteiger partial charge in [-0.25, -0.2) is 8.78 Å². The van der Waals surface area contributed by atoms with E-state index in [1.807, 2.05) is 30.5 Å². The molecule has 4 heteroatoms. The molecule has 0 radical (unpaired) electrons. The van der Waals surface area contributed by atoms with Crippen LogP contribution in [0.1, 0.15) is 11.1 Å². The third kappa shape index (κ3) is 2.31. The van der Waals surface area contributed by atoms with E-state index < -0.39 is 11.6 Å². The number of halogens is 2. The molecule has 0 bridgehead atoms. The summed E-state index contributed by atoms with van der Waals surface area (Å²) in [7, 11) is 0. The Bertz CT molecular complexity index is 1570. The Balaban J connectivity index is 1.78. The van der Waals surface area contributed by atoms with Gasteiger partial charge in [-0.1, -0.05) is 36.5 Å². The van der Waals surface area contributed by atoms with Gasteiger partial charge in [-0.05, 0) is 69.9 Å². The van der Waals surface area contributed by atoms with E-state index in [2.05, 4.69) is 25.6 Å². The van der Waals surface area contributed by atoms with Crippen LogP contribution < -0.4 is 0 Å². The normalized spacial score (nSPS) is 12.5. The zero-order valence-electron chi connectivity index (χ0n) is 16.1. The third-order valence-corrected chi connectivity index (χ3v) is 7.02. The topological polar surface area (TPSA) is 12.9 Å². The number of benzene rings is 4. The molecule has 0 saturated heterocycles. The first-order chi connectivity index (χ1) is 14.5. The molecule has 144 valence electrons. The molecule has 0 saturated carbocycles. The monoisotopic (exact) mass is 411 g/mol. The maximum Gasteiger partial charge on any atom is 0.133 e. The summed E-state index contributed by atoms with van der Waals surface area (Å²) < 4.78 is 28.5. The summed E-state index contributed by atoms with van der Waals surface area (Å²) in [6.07, 6.45) is 3.67. The van der Waals surface area contributed by atoms with Crippen LogP contribution in [0.5, 0.6) is 0 Å². The molecule has 5 aromatic rings. The molecule has 4 aromatic carbocycles. The minimum absolute atomic E-state index is 0.426. The highest BCUT2D eigenvalue weighted by Crippen LogP contribution is 2.50. The fourth-order valence-electron chi connectivity index (χ4n) is 4.50. The number of aryl methyl sites for hydroxylation is 1. The summed E-state index contributed by atoms with van der Waals surface area (Å²) in [5.41, 5.74) is 4.30. The van der Waals surface area contributed by atoms with Crippen LogP contribution in [0.15, 0.2) is 71.1 Å². The van der Waals surface area contributed by atoms with Gasteiger partial charge in [0.1, 0.15) is 11.6 Å². The molecule has 0 unspecified atom stereocenters. The van der Waals surface area contributed by atoms with Gasteiger partial charge >= 0.3 is 0 Å². The van der Waals surface area contributed by atoms with Gasteiger partial charge in [-0.15, -0.1) is 0 Å². The predicted octanol–water partition coefficient (Wildman–Crippen LogP) is 7.90. The van der Waals surface area contributed by atoms with Gasteiger partial charge in [0.05, 0.1) is 5.69 Å². The Hall–Kier alpha value is -3.24. The SMILES string of the molecule is C=Cc1cc2c(cc1C)-c1nccc3c1c(cc1c4cc(F)cc(F)c4ccc31)S2.